The first-order chi connectivity index (χ1) is 14.1. The smallest absolute Gasteiger partial charge is 0.323 e. The van der Waals surface area contributed by atoms with Crippen molar-refractivity contribution in [1.82, 2.24) is 14.9 Å². The molecule has 2 N–H and O–H groups in total. The quantitative estimate of drug-likeness (QED) is 0.544. The summed E-state index contributed by atoms with van der Waals surface area (Å²) >= 11 is 6.52. The van der Waals surface area contributed by atoms with Gasteiger partial charge in [-0.2, -0.15) is 0 Å². The second kappa shape index (κ2) is 9.06. The minimum absolute atomic E-state index is 0.189. The summed E-state index contributed by atoms with van der Waals surface area (Å²) in [5.74, 6) is 1.38. The third-order valence-electron chi connectivity index (χ3n) is 5.87. The number of aryl methyl sites for hydroxylation is 1. The van der Waals surface area contributed by atoms with Crippen LogP contribution in [0.3, 0.4) is 0 Å². The molecule has 0 atom stereocenters. The van der Waals surface area contributed by atoms with Crippen molar-refractivity contribution in [2.45, 2.75) is 38.5 Å². The highest BCUT2D eigenvalue weighted by Crippen LogP contribution is 2.34. The van der Waals surface area contributed by atoms with Crippen LogP contribution in [0.4, 0.5) is 0 Å². The summed E-state index contributed by atoms with van der Waals surface area (Å²) in [5.41, 5.74) is 3.89. The molecule has 2 aromatic carbocycles. The normalized spacial score (nSPS) is 15.8. The lowest BCUT2D eigenvalue weighted by atomic mass is 9.88. The van der Waals surface area contributed by atoms with E-state index in [2.05, 4.69) is 40.0 Å². The molecule has 6 heteroatoms. The summed E-state index contributed by atoms with van der Waals surface area (Å²) in [6.45, 7) is 6.15. The first kappa shape index (κ1) is 20.0. The van der Waals surface area contributed by atoms with E-state index in [0.717, 1.165) is 54.3 Å². The molecule has 1 saturated heterocycles. The summed E-state index contributed by atoms with van der Waals surface area (Å²) in [5, 5.41) is 0.949. The van der Waals surface area contributed by atoms with Crippen molar-refractivity contribution in [3.63, 3.8) is 0 Å². The number of halogens is 1. The summed E-state index contributed by atoms with van der Waals surface area (Å²) < 4.78 is 5.84. The topological polar surface area (TPSA) is 61.1 Å². The first-order valence-electron chi connectivity index (χ1n) is 10.4. The van der Waals surface area contributed by atoms with Gasteiger partial charge in [0.25, 0.3) is 0 Å². The van der Waals surface area contributed by atoms with Crippen LogP contribution in [0.5, 0.6) is 5.75 Å². The van der Waals surface area contributed by atoms with Crippen molar-refractivity contribution in [3.05, 3.63) is 63.0 Å². The van der Waals surface area contributed by atoms with Gasteiger partial charge >= 0.3 is 5.69 Å². The number of hydrogen-bond donors (Lipinski definition) is 2. The Hall–Kier alpha value is -2.24. The minimum Gasteiger partial charge on any atom is -0.494 e. The third-order valence-corrected chi connectivity index (χ3v) is 6.39. The van der Waals surface area contributed by atoms with Crippen LogP contribution in [0.15, 0.2) is 41.2 Å². The lowest BCUT2D eigenvalue weighted by Crippen LogP contribution is -2.33. The highest BCUT2D eigenvalue weighted by molar-refractivity contribution is 6.32. The van der Waals surface area contributed by atoms with Gasteiger partial charge in [-0.15, -0.1) is 0 Å². The van der Waals surface area contributed by atoms with E-state index in [4.69, 9.17) is 16.3 Å². The average molecular weight is 414 g/mol. The lowest BCUT2D eigenvalue weighted by Gasteiger charge is -2.32. The van der Waals surface area contributed by atoms with Crippen LogP contribution in [0.25, 0.3) is 11.0 Å². The largest absolute Gasteiger partial charge is 0.494 e. The number of benzene rings is 2. The van der Waals surface area contributed by atoms with Crippen molar-refractivity contribution < 1.29 is 4.74 Å². The maximum atomic E-state index is 11.3. The van der Waals surface area contributed by atoms with Crippen LogP contribution >= 0.6 is 11.6 Å². The van der Waals surface area contributed by atoms with Gasteiger partial charge in [0.1, 0.15) is 5.75 Å². The van der Waals surface area contributed by atoms with Gasteiger partial charge in [-0.3, -0.25) is 0 Å². The predicted molar refractivity (Wildman–Crippen MR) is 118 cm³/mol. The number of ether oxygens (including phenoxy) is 1. The third kappa shape index (κ3) is 4.85. The molecule has 1 fully saturated rings. The van der Waals surface area contributed by atoms with Gasteiger partial charge in [-0.05, 0) is 81.4 Å². The summed E-state index contributed by atoms with van der Waals surface area (Å²) in [7, 11) is 0. The predicted octanol–water partition coefficient (Wildman–Crippen LogP) is 4.86. The Bertz CT molecular complexity index is 1020. The summed E-state index contributed by atoms with van der Waals surface area (Å²) in [4.78, 5) is 19.4. The first-order valence-corrected chi connectivity index (χ1v) is 10.8. The van der Waals surface area contributed by atoms with Crippen LogP contribution < -0.4 is 10.4 Å². The van der Waals surface area contributed by atoms with Crippen LogP contribution in [0, 0.1) is 6.92 Å². The van der Waals surface area contributed by atoms with Gasteiger partial charge < -0.3 is 19.6 Å². The maximum absolute atomic E-state index is 11.3. The van der Waals surface area contributed by atoms with Crippen LogP contribution in [-0.4, -0.2) is 41.1 Å². The number of piperidine rings is 1. The monoisotopic (exact) mass is 413 g/mol. The molecule has 1 aromatic heterocycles. The fraction of sp³-hybridized carbons (Fsp3) is 0.435. The molecule has 2 heterocycles. The zero-order valence-corrected chi connectivity index (χ0v) is 17.6. The number of aromatic amines is 2. The molecule has 3 aromatic rings. The zero-order valence-electron chi connectivity index (χ0n) is 16.8. The number of unbranched alkanes of at least 4 members (excludes halogenated alkanes) is 1. The molecular weight excluding hydrogens is 386 g/mol. The fourth-order valence-electron chi connectivity index (χ4n) is 4.18. The number of nitrogens with one attached hydrogen (secondary N) is 2. The average Bonchev–Trinajstić information content (AvgIpc) is 3.10. The molecule has 5 nitrogen and oxygen atoms in total. The fourth-order valence-corrected chi connectivity index (χ4v) is 4.46. The van der Waals surface area contributed by atoms with Crippen molar-refractivity contribution in [3.8, 4) is 5.75 Å². The van der Waals surface area contributed by atoms with Gasteiger partial charge in [0, 0.05) is 11.1 Å². The molecule has 0 radical (unpaired) electrons. The highest BCUT2D eigenvalue weighted by atomic mass is 35.5. The van der Waals surface area contributed by atoms with E-state index < -0.39 is 0 Å². The zero-order chi connectivity index (χ0) is 20.2. The molecule has 0 spiro atoms. The van der Waals surface area contributed by atoms with E-state index in [1.165, 1.54) is 24.0 Å². The van der Waals surface area contributed by atoms with Crippen molar-refractivity contribution in [2.24, 2.45) is 0 Å². The van der Waals surface area contributed by atoms with E-state index in [0.29, 0.717) is 12.5 Å². The molecule has 154 valence electrons. The molecule has 0 aliphatic carbocycles. The lowest BCUT2D eigenvalue weighted by molar-refractivity contribution is 0.202. The Morgan fingerprint density at radius 3 is 2.72 bits per heavy atom. The van der Waals surface area contributed by atoms with Crippen LogP contribution in [-0.2, 0) is 0 Å². The number of likely N-dealkylation sites (tertiary alicyclic amines) is 1. The van der Waals surface area contributed by atoms with E-state index in [1.54, 1.807) is 0 Å². The Kier molecular flexibility index (Phi) is 6.26. The van der Waals surface area contributed by atoms with Gasteiger partial charge in [0.05, 0.1) is 17.6 Å². The van der Waals surface area contributed by atoms with E-state index in [1.807, 2.05) is 18.2 Å². The molecule has 4 rings (SSSR count). The molecule has 0 unspecified atom stereocenters. The van der Waals surface area contributed by atoms with Crippen molar-refractivity contribution in [2.75, 3.05) is 26.2 Å². The Morgan fingerprint density at radius 2 is 1.90 bits per heavy atom. The highest BCUT2D eigenvalue weighted by Gasteiger charge is 2.22. The number of aromatic nitrogens is 2. The van der Waals surface area contributed by atoms with Gasteiger partial charge in [-0.25, -0.2) is 4.79 Å². The number of hydrogen-bond acceptors (Lipinski definition) is 3. The van der Waals surface area contributed by atoms with Gasteiger partial charge in [0.2, 0.25) is 0 Å². The number of fused-ring (bicyclic) bond motifs is 1. The van der Waals surface area contributed by atoms with Crippen molar-refractivity contribution >= 4 is 22.6 Å². The Balaban J connectivity index is 1.17. The van der Waals surface area contributed by atoms with Crippen LogP contribution in [0.1, 0.15) is 42.7 Å². The second-order valence-corrected chi connectivity index (χ2v) is 8.31. The molecule has 0 amide bonds. The van der Waals surface area contributed by atoms with Gasteiger partial charge in [0.15, 0.2) is 0 Å². The van der Waals surface area contributed by atoms with E-state index >= 15 is 0 Å². The molecule has 29 heavy (non-hydrogen) atoms. The molecule has 1 aliphatic heterocycles. The van der Waals surface area contributed by atoms with E-state index in [9.17, 15) is 4.79 Å². The summed E-state index contributed by atoms with van der Waals surface area (Å²) in [6.07, 6.45) is 4.49. The molecular formula is C23H28ClN3O2. The standard InChI is InChI=1S/C23H28ClN3O2/c1-16-5-4-6-19(22(16)24)17-9-12-27(13-10-17)11-2-3-14-29-18-7-8-20-21(15-18)26-23(28)25-20/h4-8,15,17H,2-3,9-14H2,1H3,(H2,25,26,28). The molecule has 0 saturated carbocycles. The van der Waals surface area contributed by atoms with Crippen molar-refractivity contribution in [1.29, 1.82) is 0 Å². The second-order valence-electron chi connectivity index (χ2n) is 7.94. The SMILES string of the molecule is Cc1cccc(C2CCN(CCCCOc3ccc4[nH]c(=O)[nH]c4c3)CC2)c1Cl. The number of rotatable bonds is 7. The Labute approximate surface area is 176 Å². The number of H-pyrrole nitrogens is 2. The molecule has 1 aliphatic rings. The molecule has 0 bridgehead atoms. The Morgan fingerprint density at radius 1 is 1.10 bits per heavy atom. The number of imidazole rings is 1. The number of nitrogens with zero attached hydrogens (tertiary/aromatic N) is 1. The summed E-state index contributed by atoms with van der Waals surface area (Å²) in [6, 6.07) is 12.0. The van der Waals surface area contributed by atoms with E-state index in [-0.39, 0.29) is 5.69 Å². The van der Waals surface area contributed by atoms with Crippen LogP contribution in [0.2, 0.25) is 5.02 Å². The van der Waals surface area contributed by atoms with Gasteiger partial charge in [-0.1, -0.05) is 29.8 Å². The maximum Gasteiger partial charge on any atom is 0.323 e. The minimum atomic E-state index is -0.189.